The van der Waals surface area contributed by atoms with Gasteiger partial charge >= 0.3 is 0 Å². The van der Waals surface area contributed by atoms with Crippen LogP contribution >= 0.6 is 15.9 Å². The quantitative estimate of drug-likeness (QED) is 0.888. The molecule has 1 heterocycles. The highest BCUT2D eigenvalue weighted by molar-refractivity contribution is 9.10. The van der Waals surface area contributed by atoms with Gasteiger partial charge in [-0.1, -0.05) is 6.07 Å². The van der Waals surface area contributed by atoms with Crippen molar-refractivity contribution < 1.29 is 9.90 Å². The van der Waals surface area contributed by atoms with Crippen LogP contribution in [-0.2, 0) is 4.79 Å². The number of nitrogens with zero attached hydrogens (tertiary/aromatic N) is 1. The van der Waals surface area contributed by atoms with E-state index in [-0.39, 0.29) is 11.3 Å². The Hall–Kier alpha value is -1.07. The summed E-state index contributed by atoms with van der Waals surface area (Å²) in [7, 11) is 1.68. The van der Waals surface area contributed by atoms with Crippen LogP contribution in [0.3, 0.4) is 0 Å². The van der Waals surface area contributed by atoms with Crippen molar-refractivity contribution in [3.63, 3.8) is 0 Å². The molecule has 2 N–H and O–H groups in total. The first kappa shape index (κ1) is 15.3. The second kappa shape index (κ2) is 5.74. The lowest BCUT2D eigenvalue weighted by Crippen LogP contribution is -2.39. The van der Waals surface area contributed by atoms with E-state index in [0.717, 1.165) is 28.7 Å². The van der Waals surface area contributed by atoms with Crippen molar-refractivity contribution in [1.29, 1.82) is 0 Å². The number of nitrogens with one attached hydrogen (secondary N) is 1. The Morgan fingerprint density at radius 2 is 2.25 bits per heavy atom. The Morgan fingerprint density at radius 1 is 1.55 bits per heavy atom. The number of hydrogen-bond donors (Lipinski definition) is 2. The molecule has 0 saturated carbocycles. The largest absolute Gasteiger partial charge is 0.389 e. The van der Waals surface area contributed by atoms with E-state index >= 15 is 0 Å². The number of aliphatic hydroxyl groups is 1. The fourth-order valence-electron chi connectivity index (χ4n) is 2.69. The fraction of sp³-hybridized carbons (Fsp3) is 0.533. The Balaban J connectivity index is 2.20. The SMILES string of the molecule is CNC(=O)C1(C)CCN(c2ccc([C@H](C)O)cc2Br)C1. The molecule has 1 amide bonds. The summed E-state index contributed by atoms with van der Waals surface area (Å²) in [6, 6.07) is 5.87. The first-order chi connectivity index (χ1) is 9.37. The molecule has 1 unspecified atom stereocenters. The molecule has 5 heteroatoms. The predicted octanol–water partition coefficient (Wildman–Crippen LogP) is 2.46. The van der Waals surface area contributed by atoms with Gasteiger partial charge in [0.1, 0.15) is 0 Å². The average Bonchev–Trinajstić information content (AvgIpc) is 2.81. The first-order valence-electron chi connectivity index (χ1n) is 6.82. The van der Waals surface area contributed by atoms with Gasteiger partial charge in [0.2, 0.25) is 5.91 Å². The van der Waals surface area contributed by atoms with Crippen molar-refractivity contribution in [3.8, 4) is 0 Å². The molecule has 1 aromatic rings. The highest BCUT2D eigenvalue weighted by Gasteiger charge is 2.40. The fourth-order valence-corrected chi connectivity index (χ4v) is 3.34. The highest BCUT2D eigenvalue weighted by Crippen LogP contribution is 2.37. The lowest BCUT2D eigenvalue weighted by Gasteiger charge is -2.25. The molecule has 1 saturated heterocycles. The zero-order valence-electron chi connectivity index (χ0n) is 12.1. The summed E-state index contributed by atoms with van der Waals surface area (Å²) < 4.78 is 0.956. The van der Waals surface area contributed by atoms with Gasteiger partial charge in [0.05, 0.1) is 17.2 Å². The Labute approximate surface area is 128 Å². The summed E-state index contributed by atoms with van der Waals surface area (Å²) in [4.78, 5) is 14.2. The number of carbonyl (C=O) groups excluding carboxylic acids is 1. The molecule has 0 bridgehead atoms. The van der Waals surface area contributed by atoms with E-state index in [4.69, 9.17) is 0 Å². The average molecular weight is 341 g/mol. The van der Waals surface area contributed by atoms with Gasteiger partial charge in [-0.25, -0.2) is 0 Å². The smallest absolute Gasteiger partial charge is 0.227 e. The summed E-state index contributed by atoms with van der Waals surface area (Å²) in [5.74, 6) is 0.0942. The van der Waals surface area contributed by atoms with Crippen LogP contribution in [0.15, 0.2) is 22.7 Å². The molecule has 20 heavy (non-hydrogen) atoms. The summed E-state index contributed by atoms with van der Waals surface area (Å²) in [5.41, 5.74) is 1.62. The van der Waals surface area contributed by atoms with Gasteiger partial charge in [0, 0.05) is 24.6 Å². The number of benzene rings is 1. The number of aliphatic hydroxyl groups excluding tert-OH is 1. The zero-order valence-corrected chi connectivity index (χ0v) is 13.7. The number of hydrogen-bond acceptors (Lipinski definition) is 3. The van der Waals surface area contributed by atoms with Gasteiger partial charge in [-0.15, -0.1) is 0 Å². The molecule has 1 aromatic carbocycles. The van der Waals surface area contributed by atoms with Crippen LogP contribution in [0.1, 0.15) is 31.9 Å². The molecule has 1 aliphatic heterocycles. The van der Waals surface area contributed by atoms with E-state index in [1.54, 1.807) is 14.0 Å². The summed E-state index contributed by atoms with van der Waals surface area (Å²) >= 11 is 3.56. The maximum atomic E-state index is 12.0. The number of amides is 1. The van der Waals surface area contributed by atoms with Crippen LogP contribution in [0.5, 0.6) is 0 Å². The van der Waals surface area contributed by atoms with Crippen LogP contribution in [-0.4, -0.2) is 31.2 Å². The van der Waals surface area contributed by atoms with E-state index in [1.807, 2.05) is 25.1 Å². The lowest BCUT2D eigenvalue weighted by molar-refractivity contribution is -0.128. The van der Waals surface area contributed by atoms with Gasteiger partial charge in [0.15, 0.2) is 0 Å². The number of rotatable bonds is 3. The minimum Gasteiger partial charge on any atom is -0.389 e. The van der Waals surface area contributed by atoms with Gasteiger partial charge < -0.3 is 15.3 Å². The normalized spacial score (nSPS) is 23.8. The standard InChI is InChI=1S/C15H21BrN2O2/c1-10(19)11-4-5-13(12(16)8-11)18-7-6-15(2,9-18)14(20)17-3/h4-5,8,10,19H,6-7,9H2,1-3H3,(H,17,20)/t10-,15?/m0/s1. The molecule has 1 fully saturated rings. The number of carbonyl (C=O) groups is 1. The number of anilines is 1. The van der Waals surface area contributed by atoms with Crippen molar-refractivity contribution in [2.45, 2.75) is 26.4 Å². The minimum atomic E-state index is -0.477. The van der Waals surface area contributed by atoms with Crippen LogP contribution in [0.4, 0.5) is 5.69 Å². The minimum absolute atomic E-state index is 0.0942. The Bertz CT molecular complexity index is 519. The van der Waals surface area contributed by atoms with E-state index < -0.39 is 6.10 Å². The second-order valence-electron chi connectivity index (χ2n) is 5.70. The first-order valence-corrected chi connectivity index (χ1v) is 7.61. The monoisotopic (exact) mass is 340 g/mol. The zero-order chi connectivity index (χ0) is 14.9. The van der Waals surface area contributed by atoms with Gasteiger partial charge in [-0.3, -0.25) is 4.79 Å². The van der Waals surface area contributed by atoms with Crippen molar-refractivity contribution in [3.05, 3.63) is 28.2 Å². The molecule has 4 nitrogen and oxygen atoms in total. The maximum absolute atomic E-state index is 12.0. The van der Waals surface area contributed by atoms with E-state index in [9.17, 15) is 9.90 Å². The van der Waals surface area contributed by atoms with Crippen molar-refractivity contribution in [2.75, 3.05) is 25.0 Å². The van der Waals surface area contributed by atoms with Gasteiger partial charge in [-0.2, -0.15) is 0 Å². The van der Waals surface area contributed by atoms with E-state index in [1.165, 1.54) is 0 Å². The molecule has 2 atom stereocenters. The summed E-state index contributed by atoms with van der Waals surface area (Å²) in [5, 5.41) is 12.4. The molecule has 0 aliphatic carbocycles. The summed E-state index contributed by atoms with van der Waals surface area (Å²) in [6.07, 6.45) is 0.368. The third-order valence-corrected chi connectivity index (χ3v) is 4.68. The second-order valence-corrected chi connectivity index (χ2v) is 6.55. The molecule has 110 valence electrons. The highest BCUT2D eigenvalue weighted by atomic mass is 79.9. The van der Waals surface area contributed by atoms with Crippen LogP contribution in [0.2, 0.25) is 0 Å². The van der Waals surface area contributed by atoms with Gasteiger partial charge in [0.25, 0.3) is 0 Å². The van der Waals surface area contributed by atoms with Crippen LogP contribution in [0, 0.1) is 5.41 Å². The van der Waals surface area contributed by atoms with E-state index in [0.29, 0.717) is 6.54 Å². The van der Waals surface area contributed by atoms with Crippen LogP contribution in [0.25, 0.3) is 0 Å². The number of halogens is 1. The molecule has 2 rings (SSSR count). The predicted molar refractivity (Wildman–Crippen MR) is 83.8 cm³/mol. The van der Waals surface area contributed by atoms with Gasteiger partial charge in [-0.05, 0) is 53.9 Å². The molecular weight excluding hydrogens is 320 g/mol. The van der Waals surface area contributed by atoms with E-state index in [2.05, 4.69) is 26.1 Å². The third-order valence-electron chi connectivity index (χ3n) is 4.04. The third kappa shape index (κ3) is 2.83. The van der Waals surface area contributed by atoms with Crippen molar-refractivity contribution in [2.24, 2.45) is 5.41 Å². The lowest BCUT2D eigenvalue weighted by atomic mass is 9.89. The van der Waals surface area contributed by atoms with Crippen molar-refractivity contribution >= 4 is 27.5 Å². The topological polar surface area (TPSA) is 52.6 Å². The Kier molecular flexibility index (Phi) is 4.39. The maximum Gasteiger partial charge on any atom is 0.227 e. The molecule has 1 aliphatic rings. The molecule has 0 spiro atoms. The molecule has 0 aromatic heterocycles. The molecular formula is C15H21BrN2O2. The Morgan fingerprint density at radius 3 is 2.80 bits per heavy atom. The van der Waals surface area contributed by atoms with Crippen molar-refractivity contribution in [1.82, 2.24) is 5.32 Å². The molecule has 0 radical (unpaired) electrons. The summed E-state index contributed by atoms with van der Waals surface area (Å²) in [6.45, 7) is 5.32. The van der Waals surface area contributed by atoms with Crippen LogP contribution < -0.4 is 10.2 Å².